The Kier molecular flexibility index (Phi) is 4.61. The Bertz CT molecular complexity index is 611. The maximum atomic E-state index is 13.5. The van der Waals surface area contributed by atoms with E-state index in [-0.39, 0.29) is 16.1 Å². The highest BCUT2D eigenvalue weighted by atomic mass is 32.2. The number of anilines is 1. The fraction of sp³-hybridized carbons (Fsp3) is 0.538. The zero-order chi connectivity index (χ0) is 14.9. The summed E-state index contributed by atoms with van der Waals surface area (Å²) in [6.45, 7) is 3.52. The maximum Gasteiger partial charge on any atom is 0.241 e. The van der Waals surface area contributed by atoms with Crippen molar-refractivity contribution in [2.75, 3.05) is 18.0 Å². The van der Waals surface area contributed by atoms with Gasteiger partial charge in [-0.2, -0.15) is 11.8 Å². The number of thioether (sulfide) groups is 1. The van der Waals surface area contributed by atoms with E-state index in [0.29, 0.717) is 17.4 Å². The third-order valence-corrected chi connectivity index (χ3v) is 6.61. The van der Waals surface area contributed by atoms with E-state index < -0.39 is 15.8 Å². The van der Waals surface area contributed by atoms with Crippen LogP contribution in [0.1, 0.15) is 24.0 Å². The molecule has 0 aromatic heterocycles. The summed E-state index contributed by atoms with van der Waals surface area (Å²) < 4.78 is 40.9. The molecule has 1 aliphatic rings. The molecular formula is C13H19FN2O2S2. The normalized spacial score (nSPS) is 19.4. The van der Waals surface area contributed by atoms with Gasteiger partial charge in [-0.3, -0.25) is 0 Å². The zero-order valence-corrected chi connectivity index (χ0v) is 13.2. The van der Waals surface area contributed by atoms with E-state index in [9.17, 15) is 12.8 Å². The van der Waals surface area contributed by atoms with Gasteiger partial charge < -0.3 is 5.73 Å². The summed E-state index contributed by atoms with van der Waals surface area (Å²) in [5.41, 5.74) is 6.14. The third-order valence-electron chi connectivity index (χ3n) is 3.50. The number of aryl methyl sites for hydroxylation is 1. The second-order valence-electron chi connectivity index (χ2n) is 5.03. The van der Waals surface area contributed by atoms with E-state index in [0.717, 1.165) is 18.6 Å². The molecular weight excluding hydrogens is 299 g/mol. The lowest BCUT2D eigenvalue weighted by Crippen LogP contribution is -2.31. The van der Waals surface area contributed by atoms with Crippen molar-refractivity contribution in [3.05, 3.63) is 23.0 Å². The number of nitrogen functional groups attached to an aromatic ring is 1. The van der Waals surface area contributed by atoms with Crippen LogP contribution in [0.2, 0.25) is 0 Å². The number of nitrogens with one attached hydrogen (secondary N) is 1. The van der Waals surface area contributed by atoms with Gasteiger partial charge in [0.25, 0.3) is 0 Å². The van der Waals surface area contributed by atoms with Crippen LogP contribution in [0.4, 0.5) is 10.1 Å². The minimum Gasteiger partial charge on any atom is -0.396 e. The van der Waals surface area contributed by atoms with Crippen molar-refractivity contribution in [1.82, 2.24) is 4.72 Å². The van der Waals surface area contributed by atoms with E-state index in [1.54, 1.807) is 18.7 Å². The summed E-state index contributed by atoms with van der Waals surface area (Å²) in [5, 5.41) is 0.322. The molecule has 20 heavy (non-hydrogen) atoms. The molecule has 1 atom stereocenters. The lowest BCUT2D eigenvalue weighted by Gasteiger charge is -2.16. The number of nitrogens with two attached hydrogens (primary N) is 1. The van der Waals surface area contributed by atoms with Crippen LogP contribution in [-0.4, -0.2) is 26.0 Å². The van der Waals surface area contributed by atoms with Crippen molar-refractivity contribution in [3.63, 3.8) is 0 Å². The molecule has 112 valence electrons. The third kappa shape index (κ3) is 3.10. The molecule has 3 N–H and O–H groups in total. The summed E-state index contributed by atoms with van der Waals surface area (Å²) in [6.07, 6.45) is 2.15. The molecule has 1 aromatic rings. The maximum absolute atomic E-state index is 13.5. The first-order valence-corrected chi connectivity index (χ1v) is 9.02. The fourth-order valence-electron chi connectivity index (χ4n) is 2.42. The van der Waals surface area contributed by atoms with Gasteiger partial charge in [0.1, 0.15) is 5.82 Å². The van der Waals surface area contributed by atoms with Crippen molar-refractivity contribution >= 4 is 27.5 Å². The van der Waals surface area contributed by atoms with E-state index in [1.165, 1.54) is 13.0 Å². The smallest absolute Gasteiger partial charge is 0.241 e. The van der Waals surface area contributed by atoms with Gasteiger partial charge in [0.05, 0.1) is 10.6 Å². The number of rotatable bonds is 4. The molecule has 0 radical (unpaired) electrons. The molecule has 2 rings (SSSR count). The minimum absolute atomic E-state index is 0.0967. The fourth-order valence-corrected chi connectivity index (χ4v) is 5.29. The second kappa shape index (κ2) is 5.91. The first kappa shape index (κ1) is 15.6. The molecule has 0 bridgehead atoms. The number of halogens is 1. The quantitative estimate of drug-likeness (QED) is 0.835. The average molecular weight is 318 g/mol. The second-order valence-corrected chi connectivity index (χ2v) is 8.14. The van der Waals surface area contributed by atoms with Crippen molar-refractivity contribution in [2.24, 2.45) is 0 Å². The van der Waals surface area contributed by atoms with Crippen molar-refractivity contribution < 1.29 is 12.8 Å². The van der Waals surface area contributed by atoms with E-state index >= 15 is 0 Å². The monoisotopic (exact) mass is 318 g/mol. The number of hydrogen-bond acceptors (Lipinski definition) is 4. The Balaban J connectivity index is 2.27. The SMILES string of the molecule is Cc1cc(F)c(N)c(C)c1S(=O)(=O)NCC1CCCS1. The number of hydrogen-bond donors (Lipinski definition) is 2. The van der Waals surface area contributed by atoms with E-state index in [1.807, 2.05) is 0 Å². The van der Waals surface area contributed by atoms with Crippen LogP contribution < -0.4 is 10.5 Å². The predicted octanol–water partition coefficient (Wildman–Crippen LogP) is 2.20. The molecule has 0 aliphatic carbocycles. The zero-order valence-electron chi connectivity index (χ0n) is 11.6. The van der Waals surface area contributed by atoms with Gasteiger partial charge in [-0.15, -0.1) is 0 Å². The first-order valence-electron chi connectivity index (χ1n) is 6.49. The molecule has 1 unspecified atom stereocenters. The summed E-state index contributed by atoms with van der Waals surface area (Å²) in [4.78, 5) is 0.0967. The van der Waals surface area contributed by atoms with Gasteiger partial charge in [-0.1, -0.05) is 0 Å². The van der Waals surface area contributed by atoms with Gasteiger partial charge in [-0.25, -0.2) is 17.5 Å². The highest BCUT2D eigenvalue weighted by Gasteiger charge is 2.25. The Morgan fingerprint density at radius 2 is 2.20 bits per heavy atom. The Hall–Kier alpha value is -0.790. The molecule has 1 heterocycles. The molecule has 0 amide bonds. The Labute approximate surface area is 123 Å². The lowest BCUT2D eigenvalue weighted by molar-refractivity contribution is 0.576. The van der Waals surface area contributed by atoms with Gasteiger partial charge in [0.15, 0.2) is 0 Å². The van der Waals surface area contributed by atoms with Crippen LogP contribution in [0.5, 0.6) is 0 Å². The van der Waals surface area contributed by atoms with Crippen molar-refractivity contribution in [3.8, 4) is 0 Å². The summed E-state index contributed by atoms with van der Waals surface area (Å²) in [7, 11) is -3.66. The van der Waals surface area contributed by atoms with Crippen LogP contribution in [0, 0.1) is 19.7 Å². The molecule has 0 spiro atoms. The molecule has 4 nitrogen and oxygen atoms in total. The van der Waals surface area contributed by atoms with E-state index in [2.05, 4.69) is 4.72 Å². The van der Waals surface area contributed by atoms with E-state index in [4.69, 9.17) is 5.73 Å². The van der Waals surface area contributed by atoms with Gasteiger partial charge in [-0.05, 0) is 49.6 Å². The molecule has 1 aliphatic heterocycles. The molecule has 7 heteroatoms. The average Bonchev–Trinajstić information content (AvgIpc) is 2.86. The van der Waals surface area contributed by atoms with Crippen LogP contribution in [-0.2, 0) is 10.0 Å². The minimum atomic E-state index is -3.66. The van der Waals surface area contributed by atoms with Crippen LogP contribution in [0.15, 0.2) is 11.0 Å². The Morgan fingerprint density at radius 3 is 2.80 bits per heavy atom. The molecule has 1 aromatic carbocycles. The van der Waals surface area contributed by atoms with Crippen molar-refractivity contribution in [1.29, 1.82) is 0 Å². The predicted molar refractivity (Wildman–Crippen MR) is 81.0 cm³/mol. The number of sulfonamides is 1. The van der Waals surface area contributed by atoms with Crippen molar-refractivity contribution in [2.45, 2.75) is 36.8 Å². The molecule has 1 fully saturated rings. The highest BCUT2D eigenvalue weighted by molar-refractivity contribution is 8.00. The number of benzene rings is 1. The first-order chi connectivity index (χ1) is 9.33. The highest BCUT2D eigenvalue weighted by Crippen LogP contribution is 2.29. The standard InChI is InChI=1S/C13H19FN2O2S2/c1-8-6-11(14)12(15)9(2)13(8)20(17,18)16-7-10-4-3-5-19-10/h6,10,16H,3-5,7,15H2,1-2H3. The van der Waals surface area contributed by atoms with Crippen LogP contribution in [0.3, 0.4) is 0 Å². The summed E-state index contributed by atoms with van der Waals surface area (Å²) in [5.74, 6) is 0.499. The van der Waals surface area contributed by atoms with Gasteiger partial charge in [0.2, 0.25) is 10.0 Å². The largest absolute Gasteiger partial charge is 0.396 e. The summed E-state index contributed by atoms with van der Waals surface area (Å²) >= 11 is 1.78. The Morgan fingerprint density at radius 1 is 1.50 bits per heavy atom. The lowest BCUT2D eigenvalue weighted by atomic mass is 10.1. The van der Waals surface area contributed by atoms with Crippen LogP contribution in [0.25, 0.3) is 0 Å². The molecule has 1 saturated heterocycles. The van der Waals surface area contributed by atoms with Gasteiger partial charge in [0, 0.05) is 11.8 Å². The van der Waals surface area contributed by atoms with Crippen LogP contribution >= 0.6 is 11.8 Å². The topological polar surface area (TPSA) is 72.2 Å². The molecule has 0 saturated carbocycles. The summed E-state index contributed by atoms with van der Waals surface area (Å²) in [6, 6.07) is 1.17. The van der Waals surface area contributed by atoms with Gasteiger partial charge >= 0.3 is 0 Å².